The molecule has 156 valence electrons. The molecule has 4 rings (SSSR count). The molecule has 1 aromatic heterocycles. The van der Waals surface area contributed by atoms with Crippen LogP contribution in [0.1, 0.15) is 39.2 Å². The minimum absolute atomic E-state index is 0.00569. The van der Waals surface area contributed by atoms with E-state index in [1.165, 1.54) is 15.9 Å². The van der Waals surface area contributed by atoms with E-state index < -0.39 is 5.97 Å². The first-order chi connectivity index (χ1) is 14.9. The highest BCUT2D eigenvalue weighted by Crippen LogP contribution is 2.37. The molecule has 0 amide bonds. The number of aliphatic imine (C=N–C) groups is 1. The Morgan fingerprint density at radius 2 is 1.90 bits per heavy atom. The molecular formula is C23H18N2O4S2. The van der Waals surface area contributed by atoms with E-state index in [1.54, 1.807) is 30.5 Å². The summed E-state index contributed by atoms with van der Waals surface area (Å²) in [6.45, 7) is 0.330. The van der Waals surface area contributed by atoms with Gasteiger partial charge in [-0.25, -0.2) is 0 Å². The second-order valence-corrected chi connectivity index (χ2v) is 8.67. The van der Waals surface area contributed by atoms with Crippen LogP contribution in [0.3, 0.4) is 0 Å². The molecule has 0 unspecified atom stereocenters. The minimum Gasteiger partial charge on any atom is -0.493 e. The molecule has 1 aliphatic rings. The van der Waals surface area contributed by atoms with E-state index in [1.807, 2.05) is 30.3 Å². The van der Waals surface area contributed by atoms with Crippen molar-refractivity contribution >= 4 is 58.9 Å². The molecule has 0 fully saturated rings. The fraction of sp³-hybridized carbons (Fsp3) is 0.130. The van der Waals surface area contributed by atoms with E-state index in [0.29, 0.717) is 32.9 Å². The van der Waals surface area contributed by atoms with E-state index in [4.69, 9.17) is 17.3 Å². The molecule has 0 radical (unpaired) electrons. The van der Waals surface area contributed by atoms with Crippen molar-refractivity contribution in [1.29, 1.82) is 0 Å². The third-order valence-corrected chi connectivity index (χ3v) is 6.29. The average molecular weight is 451 g/mol. The number of thiazole rings is 1. The zero-order chi connectivity index (χ0) is 22.0. The van der Waals surface area contributed by atoms with Crippen molar-refractivity contribution in [2.75, 3.05) is 0 Å². The zero-order valence-corrected chi connectivity index (χ0v) is 17.9. The number of aliphatic carboxylic acids is 1. The van der Waals surface area contributed by atoms with Gasteiger partial charge in [0, 0.05) is 41.4 Å². The monoisotopic (exact) mass is 450 g/mol. The van der Waals surface area contributed by atoms with Crippen molar-refractivity contribution in [1.82, 2.24) is 4.57 Å². The third-order valence-electron chi connectivity index (χ3n) is 4.90. The summed E-state index contributed by atoms with van der Waals surface area (Å²) in [6.07, 6.45) is 3.86. The highest BCUT2D eigenvalue weighted by Gasteiger charge is 2.18. The number of aromatic hydroxyl groups is 1. The van der Waals surface area contributed by atoms with Crippen LogP contribution in [0.15, 0.2) is 53.5 Å². The first kappa shape index (κ1) is 20.9. The van der Waals surface area contributed by atoms with Crippen LogP contribution in [0.5, 0.6) is 5.88 Å². The number of hydrogen-bond donors (Lipinski definition) is 2. The summed E-state index contributed by atoms with van der Waals surface area (Å²) in [5.74, 6) is -0.952. The third kappa shape index (κ3) is 4.40. The predicted octanol–water partition coefficient (Wildman–Crippen LogP) is 5.34. The van der Waals surface area contributed by atoms with Crippen molar-refractivity contribution < 1.29 is 19.8 Å². The molecule has 2 heterocycles. The van der Waals surface area contributed by atoms with Crippen LogP contribution in [0, 0.1) is 3.95 Å². The number of ketones is 1. The summed E-state index contributed by atoms with van der Waals surface area (Å²) in [6, 6.07) is 14.4. The molecule has 1 aliphatic heterocycles. The lowest BCUT2D eigenvalue weighted by Crippen LogP contribution is -2.01. The zero-order valence-electron chi connectivity index (χ0n) is 16.3. The Kier molecular flexibility index (Phi) is 5.92. The van der Waals surface area contributed by atoms with Gasteiger partial charge >= 0.3 is 5.97 Å². The van der Waals surface area contributed by atoms with E-state index in [0.717, 1.165) is 16.8 Å². The second kappa shape index (κ2) is 8.79. The number of fused-ring (bicyclic) bond motifs is 1. The number of rotatable bonds is 7. The smallest absolute Gasteiger partial charge is 0.303 e. The molecule has 0 saturated carbocycles. The van der Waals surface area contributed by atoms with Gasteiger partial charge in [0.25, 0.3) is 0 Å². The fourth-order valence-corrected chi connectivity index (χ4v) is 4.65. The number of allylic oxidation sites excluding steroid dienone is 1. The van der Waals surface area contributed by atoms with Gasteiger partial charge < -0.3 is 10.2 Å². The molecule has 0 atom stereocenters. The summed E-state index contributed by atoms with van der Waals surface area (Å²) in [7, 11) is 0. The SMILES string of the molecule is O=C(O)CCCn1c(O)c(/C=C2/C=Nc3ccc(C(=O)c4ccccc4)cc32)sc1=S. The van der Waals surface area contributed by atoms with Crippen LogP contribution in [0.25, 0.3) is 11.6 Å². The van der Waals surface area contributed by atoms with Gasteiger partial charge in [-0.2, -0.15) is 0 Å². The normalized spacial score (nSPS) is 13.5. The summed E-state index contributed by atoms with van der Waals surface area (Å²) in [4.78, 5) is 28.5. The molecule has 0 aliphatic carbocycles. The maximum Gasteiger partial charge on any atom is 0.303 e. The molecule has 0 bridgehead atoms. The largest absolute Gasteiger partial charge is 0.493 e. The maximum absolute atomic E-state index is 12.8. The van der Waals surface area contributed by atoms with Crippen molar-refractivity contribution in [2.24, 2.45) is 4.99 Å². The number of benzene rings is 2. The first-order valence-corrected chi connectivity index (χ1v) is 10.8. The Balaban J connectivity index is 1.64. The van der Waals surface area contributed by atoms with Crippen LogP contribution >= 0.6 is 23.6 Å². The van der Waals surface area contributed by atoms with Crippen molar-refractivity contribution in [3.8, 4) is 5.88 Å². The van der Waals surface area contributed by atoms with Crippen LogP contribution in [0.4, 0.5) is 5.69 Å². The number of carbonyl (C=O) groups is 2. The van der Waals surface area contributed by atoms with Crippen LogP contribution in [-0.4, -0.2) is 32.7 Å². The quantitative estimate of drug-likeness (QED) is 0.375. The van der Waals surface area contributed by atoms with Gasteiger partial charge in [0.15, 0.2) is 9.74 Å². The van der Waals surface area contributed by atoms with E-state index >= 15 is 0 Å². The summed E-state index contributed by atoms with van der Waals surface area (Å²) in [5.41, 5.74) is 3.49. The van der Waals surface area contributed by atoms with E-state index in [9.17, 15) is 14.7 Å². The van der Waals surface area contributed by atoms with Crippen LogP contribution in [0.2, 0.25) is 0 Å². The van der Waals surface area contributed by atoms with Gasteiger partial charge in [0.05, 0.1) is 10.6 Å². The molecule has 2 N–H and O–H groups in total. The van der Waals surface area contributed by atoms with Gasteiger partial charge in [-0.1, -0.05) is 30.3 Å². The lowest BCUT2D eigenvalue weighted by atomic mass is 9.98. The number of carbonyl (C=O) groups excluding carboxylic acids is 1. The summed E-state index contributed by atoms with van der Waals surface area (Å²) in [5, 5.41) is 19.4. The number of nitrogens with zero attached hydrogens (tertiary/aromatic N) is 2. The topological polar surface area (TPSA) is 91.9 Å². The standard InChI is InChI=1S/C23H18N2O4S2/c26-20(27)7-4-10-25-22(29)19(31-23(25)30)12-16-13-24-18-9-8-15(11-17(16)18)21(28)14-5-2-1-3-6-14/h1-3,5-6,8-9,11-13,29H,4,7,10H2,(H,26,27)/b16-12-. The highest BCUT2D eigenvalue weighted by atomic mass is 32.1. The van der Waals surface area contributed by atoms with E-state index in [2.05, 4.69) is 4.99 Å². The van der Waals surface area contributed by atoms with E-state index in [-0.39, 0.29) is 18.1 Å². The number of carboxylic acids is 1. The highest BCUT2D eigenvalue weighted by molar-refractivity contribution is 7.73. The Morgan fingerprint density at radius 3 is 2.65 bits per heavy atom. The van der Waals surface area contributed by atoms with Crippen LogP contribution in [-0.2, 0) is 11.3 Å². The lowest BCUT2D eigenvalue weighted by Gasteiger charge is -2.05. The molecular weight excluding hydrogens is 432 g/mol. The molecule has 6 nitrogen and oxygen atoms in total. The molecule has 2 aromatic carbocycles. The fourth-order valence-electron chi connectivity index (χ4n) is 3.34. The first-order valence-electron chi connectivity index (χ1n) is 9.58. The summed E-state index contributed by atoms with van der Waals surface area (Å²) >= 11 is 6.58. The number of hydrogen-bond acceptors (Lipinski definition) is 6. The number of carboxylic acid groups (broad SMARTS) is 1. The number of aromatic nitrogens is 1. The minimum atomic E-state index is -0.886. The molecule has 8 heteroatoms. The van der Waals surface area contributed by atoms with Gasteiger partial charge in [-0.05, 0) is 42.9 Å². The van der Waals surface area contributed by atoms with Gasteiger partial charge in [-0.3, -0.25) is 19.1 Å². The Labute approximate surface area is 187 Å². The van der Waals surface area contributed by atoms with Gasteiger partial charge in [0.2, 0.25) is 5.88 Å². The van der Waals surface area contributed by atoms with Crippen molar-refractivity contribution in [3.63, 3.8) is 0 Å². The Bertz CT molecular complexity index is 1290. The van der Waals surface area contributed by atoms with Crippen molar-refractivity contribution in [2.45, 2.75) is 19.4 Å². The lowest BCUT2D eigenvalue weighted by molar-refractivity contribution is -0.137. The molecule has 3 aromatic rings. The van der Waals surface area contributed by atoms with Crippen LogP contribution < -0.4 is 0 Å². The summed E-state index contributed by atoms with van der Waals surface area (Å²) < 4.78 is 2.01. The second-order valence-electron chi connectivity index (χ2n) is 6.99. The predicted molar refractivity (Wildman–Crippen MR) is 124 cm³/mol. The Morgan fingerprint density at radius 1 is 1.13 bits per heavy atom. The molecule has 0 saturated heterocycles. The molecule has 0 spiro atoms. The van der Waals surface area contributed by atoms with Crippen molar-refractivity contribution in [3.05, 3.63) is 74.1 Å². The molecule has 31 heavy (non-hydrogen) atoms. The Hall–Kier alpha value is -3.36. The van der Waals surface area contributed by atoms with Gasteiger partial charge in [-0.15, -0.1) is 11.3 Å². The average Bonchev–Trinajstić information content (AvgIpc) is 3.29. The van der Waals surface area contributed by atoms with Gasteiger partial charge in [0.1, 0.15) is 0 Å². The maximum atomic E-state index is 12.8.